The van der Waals surface area contributed by atoms with Gasteiger partial charge in [-0.1, -0.05) is 12.1 Å². The number of aryl methyl sites for hydroxylation is 1. The number of amides is 1. The molecule has 0 aromatic heterocycles. The molecule has 0 unspecified atom stereocenters. The van der Waals surface area contributed by atoms with E-state index in [0.717, 1.165) is 17.7 Å². The predicted octanol–water partition coefficient (Wildman–Crippen LogP) is 2.44. The van der Waals surface area contributed by atoms with Gasteiger partial charge in [-0.2, -0.15) is 0 Å². The molecule has 1 aromatic carbocycles. The summed E-state index contributed by atoms with van der Waals surface area (Å²) in [6.07, 6.45) is 1.32. The number of methoxy groups -OCH3 is 1. The molecule has 0 aliphatic rings. The zero-order valence-corrected chi connectivity index (χ0v) is 11.0. The molecule has 0 N–H and O–H groups in total. The normalized spacial score (nSPS) is 9.80. The quantitative estimate of drug-likeness (QED) is 0.630. The van der Waals surface area contributed by atoms with Crippen LogP contribution in [0.4, 0.5) is 0 Å². The fourth-order valence-corrected chi connectivity index (χ4v) is 1.44. The highest BCUT2D eigenvalue weighted by Gasteiger charge is 2.05. The number of benzene rings is 1. The van der Waals surface area contributed by atoms with Crippen molar-refractivity contribution in [3.63, 3.8) is 0 Å². The van der Waals surface area contributed by atoms with Crippen molar-refractivity contribution in [2.45, 2.75) is 12.8 Å². The number of hydrogen-bond acceptors (Lipinski definition) is 2. The Morgan fingerprint density at radius 2 is 2.00 bits per heavy atom. The van der Waals surface area contributed by atoms with E-state index in [0.29, 0.717) is 6.42 Å². The molecule has 1 rings (SSSR count). The number of nitrogens with zero attached hydrogens (tertiary/aromatic N) is 1. The van der Waals surface area contributed by atoms with Gasteiger partial charge in [0.05, 0.1) is 30.0 Å². The van der Waals surface area contributed by atoms with E-state index in [-0.39, 0.29) is 5.91 Å². The zero-order valence-electron chi connectivity index (χ0n) is 8.87. The summed E-state index contributed by atoms with van der Waals surface area (Å²) in [4.78, 5) is 11.3. The van der Waals surface area contributed by atoms with Crippen LogP contribution in [0.15, 0.2) is 24.3 Å². The van der Waals surface area contributed by atoms with Crippen molar-refractivity contribution in [3.05, 3.63) is 29.8 Å². The topological polar surface area (TPSA) is 29.5 Å². The summed E-state index contributed by atoms with van der Waals surface area (Å²) < 4.78 is 6.64. The summed E-state index contributed by atoms with van der Waals surface area (Å²) in [7, 11) is 3.40. The molecule has 1 amide bonds. The van der Waals surface area contributed by atoms with Crippen LogP contribution in [0.5, 0.6) is 5.75 Å². The van der Waals surface area contributed by atoms with E-state index in [2.05, 4.69) is 0 Å². The maximum Gasteiger partial charge on any atom is 0.231 e. The van der Waals surface area contributed by atoms with Crippen LogP contribution in [-0.4, -0.2) is 23.2 Å². The van der Waals surface area contributed by atoms with E-state index in [9.17, 15) is 4.79 Å². The Morgan fingerprint density at radius 1 is 1.40 bits per heavy atom. The summed E-state index contributed by atoms with van der Waals surface area (Å²) in [5, 5.41) is 0. The van der Waals surface area contributed by atoms with Crippen molar-refractivity contribution < 1.29 is 9.53 Å². The Hall–Kier alpha value is -0.780. The first-order valence-electron chi connectivity index (χ1n) is 4.68. The monoisotopic (exact) mass is 319 g/mol. The van der Waals surface area contributed by atoms with Gasteiger partial charge in [0.25, 0.3) is 0 Å². The first-order chi connectivity index (χ1) is 7.13. The minimum Gasteiger partial charge on any atom is -0.497 e. The van der Waals surface area contributed by atoms with E-state index in [1.165, 1.54) is 0 Å². The molecule has 15 heavy (non-hydrogen) atoms. The summed E-state index contributed by atoms with van der Waals surface area (Å²) in [6.45, 7) is 0. The molecule has 0 bridgehead atoms. The van der Waals surface area contributed by atoms with Crippen LogP contribution in [0.25, 0.3) is 0 Å². The van der Waals surface area contributed by atoms with E-state index in [1.54, 1.807) is 17.3 Å². The average Bonchev–Trinajstić information content (AvgIpc) is 2.26. The molecule has 0 aliphatic heterocycles. The fraction of sp³-hybridized carbons (Fsp3) is 0.364. The Bertz CT molecular complexity index is 322. The first kappa shape index (κ1) is 12.3. The standard InChI is InChI=1S/C11H14INO2/c1-13(12)11(14)8-5-9-3-6-10(15-2)7-4-9/h3-4,6-7H,5,8H2,1-2H3. The largest absolute Gasteiger partial charge is 0.497 e. The Balaban J connectivity index is 2.47. The smallest absolute Gasteiger partial charge is 0.231 e. The third-order valence-corrected chi connectivity index (χ3v) is 2.67. The van der Waals surface area contributed by atoms with Crippen LogP contribution >= 0.6 is 22.9 Å². The van der Waals surface area contributed by atoms with Gasteiger partial charge in [-0.25, -0.2) is 0 Å². The SMILES string of the molecule is COc1ccc(CCC(=O)N(C)I)cc1. The minimum atomic E-state index is 0.145. The van der Waals surface area contributed by atoms with E-state index in [1.807, 2.05) is 47.1 Å². The highest BCUT2D eigenvalue weighted by atomic mass is 127. The number of halogens is 1. The van der Waals surface area contributed by atoms with Crippen LogP contribution in [0.3, 0.4) is 0 Å². The molecule has 0 saturated carbocycles. The van der Waals surface area contributed by atoms with Crippen molar-refractivity contribution in [2.24, 2.45) is 0 Å². The molecule has 0 aliphatic carbocycles. The second-order valence-corrected chi connectivity index (χ2v) is 4.67. The van der Waals surface area contributed by atoms with E-state index >= 15 is 0 Å². The van der Waals surface area contributed by atoms with Gasteiger partial charge in [-0.15, -0.1) is 0 Å². The lowest BCUT2D eigenvalue weighted by atomic mass is 10.1. The third-order valence-electron chi connectivity index (χ3n) is 2.13. The van der Waals surface area contributed by atoms with Gasteiger partial charge in [0.2, 0.25) is 5.91 Å². The Kier molecular flexibility index (Phi) is 4.87. The van der Waals surface area contributed by atoms with Crippen molar-refractivity contribution in [1.82, 2.24) is 3.11 Å². The molecule has 4 heteroatoms. The van der Waals surface area contributed by atoms with Crippen LogP contribution in [0.1, 0.15) is 12.0 Å². The summed E-state index contributed by atoms with van der Waals surface area (Å²) in [6, 6.07) is 7.79. The third kappa shape index (κ3) is 4.07. The number of carbonyl (C=O) groups excluding carboxylic acids is 1. The van der Waals surface area contributed by atoms with Gasteiger partial charge in [0.1, 0.15) is 5.75 Å². The molecule has 0 fully saturated rings. The summed E-state index contributed by atoms with van der Waals surface area (Å²) in [5.74, 6) is 0.988. The molecule has 0 spiro atoms. The number of ether oxygens (including phenoxy) is 1. The molecule has 1 aromatic rings. The van der Waals surface area contributed by atoms with Crippen LogP contribution in [0.2, 0.25) is 0 Å². The lowest BCUT2D eigenvalue weighted by Crippen LogP contribution is -2.15. The lowest BCUT2D eigenvalue weighted by Gasteiger charge is -2.07. The van der Waals surface area contributed by atoms with Gasteiger partial charge in [0.15, 0.2) is 0 Å². The average molecular weight is 319 g/mol. The Labute approximate surface area is 104 Å². The lowest BCUT2D eigenvalue weighted by molar-refractivity contribution is -0.124. The van der Waals surface area contributed by atoms with Crippen molar-refractivity contribution in [2.75, 3.05) is 14.2 Å². The molecule has 0 heterocycles. The molecule has 0 atom stereocenters. The summed E-state index contributed by atoms with van der Waals surface area (Å²) >= 11 is 1.99. The van der Waals surface area contributed by atoms with Crippen LogP contribution in [0, 0.1) is 0 Å². The van der Waals surface area contributed by atoms with Gasteiger partial charge >= 0.3 is 0 Å². The number of carbonyl (C=O) groups is 1. The van der Waals surface area contributed by atoms with Crippen LogP contribution < -0.4 is 4.74 Å². The predicted molar refractivity (Wildman–Crippen MR) is 68.1 cm³/mol. The Morgan fingerprint density at radius 3 is 2.47 bits per heavy atom. The van der Waals surface area contributed by atoms with Crippen molar-refractivity contribution in [3.8, 4) is 5.75 Å². The van der Waals surface area contributed by atoms with Crippen LogP contribution in [-0.2, 0) is 11.2 Å². The van der Waals surface area contributed by atoms with Crippen molar-refractivity contribution in [1.29, 1.82) is 0 Å². The molecule has 3 nitrogen and oxygen atoms in total. The summed E-state index contributed by atoms with van der Waals surface area (Å²) in [5.41, 5.74) is 1.16. The van der Waals surface area contributed by atoms with Gasteiger partial charge in [0, 0.05) is 13.5 Å². The first-order valence-corrected chi connectivity index (χ1v) is 5.65. The van der Waals surface area contributed by atoms with Gasteiger partial charge in [-0.3, -0.25) is 7.91 Å². The van der Waals surface area contributed by atoms with Crippen molar-refractivity contribution >= 4 is 28.8 Å². The second kappa shape index (κ2) is 5.95. The van der Waals surface area contributed by atoms with Gasteiger partial charge < -0.3 is 4.74 Å². The molecule has 0 radical (unpaired) electrons. The molecular formula is C11H14INO2. The second-order valence-electron chi connectivity index (χ2n) is 3.22. The van der Waals surface area contributed by atoms with Gasteiger partial charge in [-0.05, 0) is 24.1 Å². The maximum absolute atomic E-state index is 11.3. The maximum atomic E-state index is 11.3. The molecular weight excluding hydrogens is 305 g/mol. The van der Waals surface area contributed by atoms with E-state index in [4.69, 9.17) is 4.74 Å². The zero-order chi connectivity index (χ0) is 11.3. The van der Waals surface area contributed by atoms with E-state index < -0.39 is 0 Å². The highest BCUT2D eigenvalue weighted by Crippen LogP contribution is 2.13. The minimum absolute atomic E-state index is 0.145. The highest BCUT2D eigenvalue weighted by molar-refractivity contribution is 14.1. The molecule has 0 saturated heterocycles. The molecule has 82 valence electrons. The number of hydrogen-bond donors (Lipinski definition) is 0. The fourth-order valence-electron chi connectivity index (χ4n) is 1.20. The number of rotatable bonds is 4.